The SMILES string of the molecule is Cc1c(Cl)ccc(C(=O)O)c1O[Si](C)(C)C(C)(C)C. The molecule has 1 N–H and O–H groups in total. The van der Waals surface area contributed by atoms with Crippen LogP contribution in [0.2, 0.25) is 23.2 Å². The van der Waals surface area contributed by atoms with Gasteiger partial charge in [0, 0.05) is 10.6 Å². The second-order valence-corrected chi connectivity index (χ2v) is 11.3. The van der Waals surface area contributed by atoms with E-state index in [1.54, 1.807) is 13.0 Å². The van der Waals surface area contributed by atoms with E-state index in [1.807, 2.05) is 0 Å². The molecule has 0 spiro atoms. The summed E-state index contributed by atoms with van der Waals surface area (Å²) in [5.41, 5.74) is 0.859. The molecule has 0 unspecified atom stereocenters. The Bertz CT molecular complexity index is 504. The van der Waals surface area contributed by atoms with Crippen molar-refractivity contribution in [3.8, 4) is 5.75 Å². The zero-order valence-corrected chi connectivity index (χ0v) is 14.1. The molecule has 0 aliphatic heterocycles. The highest BCUT2D eigenvalue weighted by molar-refractivity contribution is 6.74. The minimum absolute atomic E-state index is 0.00245. The molecule has 19 heavy (non-hydrogen) atoms. The van der Waals surface area contributed by atoms with Crippen LogP contribution in [0.3, 0.4) is 0 Å². The van der Waals surface area contributed by atoms with Crippen LogP contribution < -0.4 is 4.43 Å². The van der Waals surface area contributed by atoms with Crippen molar-refractivity contribution in [3.63, 3.8) is 0 Å². The lowest BCUT2D eigenvalue weighted by Gasteiger charge is -2.37. The number of halogens is 1. The Morgan fingerprint density at radius 2 is 1.84 bits per heavy atom. The highest BCUT2D eigenvalue weighted by Gasteiger charge is 2.40. The summed E-state index contributed by atoms with van der Waals surface area (Å²) in [7, 11) is -2.10. The molecular weight excluding hydrogens is 280 g/mol. The summed E-state index contributed by atoms with van der Waals surface area (Å²) < 4.78 is 6.14. The lowest BCUT2D eigenvalue weighted by Crippen LogP contribution is -2.44. The van der Waals surface area contributed by atoms with Crippen molar-refractivity contribution in [1.29, 1.82) is 0 Å². The summed E-state index contributed by atoms with van der Waals surface area (Å²) in [6.07, 6.45) is 0. The summed E-state index contributed by atoms with van der Waals surface area (Å²) >= 11 is 6.08. The molecule has 0 radical (unpaired) electrons. The van der Waals surface area contributed by atoms with Gasteiger partial charge in [-0.15, -0.1) is 0 Å². The number of rotatable bonds is 3. The topological polar surface area (TPSA) is 46.5 Å². The average molecular weight is 301 g/mol. The van der Waals surface area contributed by atoms with Crippen molar-refractivity contribution in [2.75, 3.05) is 0 Å². The number of hydrogen-bond acceptors (Lipinski definition) is 2. The number of benzene rings is 1. The van der Waals surface area contributed by atoms with E-state index in [4.69, 9.17) is 16.0 Å². The molecule has 0 saturated heterocycles. The maximum absolute atomic E-state index is 11.3. The molecule has 1 rings (SSSR count). The minimum atomic E-state index is -2.10. The predicted molar refractivity (Wildman–Crippen MR) is 81.0 cm³/mol. The van der Waals surface area contributed by atoms with E-state index in [1.165, 1.54) is 6.07 Å². The number of carbonyl (C=O) groups is 1. The quantitative estimate of drug-likeness (QED) is 0.821. The molecule has 0 heterocycles. The first-order valence-corrected chi connectivity index (χ1v) is 9.47. The number of aromatic carboxylic acids is 1. The van der Waals surface area contributed by atoms with Crippen LogP contribution in [-0.4, -0.2) is 19.4 Å². The van der Waals surface area contributed by atoms with Gasteiger partial charge in [0.25, 0.3) is 8.32 Å². The lowest BCUT2D eigenvalue weighted by molar-refractivity contribution is 0.0694. The fourth-order valence-electron chi connectivity index (χ4n) is 1.38. The van der Waals surface area contributed by atoms with Gasteiger partial charge in [-0.05, 0) is 37.2 Å². The molecule has 0 fully saturated rings. The Balaban J connectivity index is 3.35. The lowest BCUT2D eigenvalue weighted by atomic mass is 10.1. The highest BCUT2D eigenvalue weighted by atomic mass is 35.5. The number of hydrogen-bond donors (Lipinski definition) is 1. The van der Waals surface area contributed by atoms with Crippen LogP contribution >= 0.6 is 11.6 Å². The summed E-state index contributed by atoms with van der Waals surface area (Å²) in [6.45, 7) is 12.3. The summed E-state index contributed by atoms with van der Waals surface area (Å²) in [6, 6.07) is 3.10. The van der Waals surface area contributed by atoms with Crippen LogP contribution in [0.1, 0.15) is 36.7 Å². The van der Waals surface area contributed by atoms with Crippen molar-refractivity contribution in [2.24, 2.45) is 0 Å². The van der Waals surface area contributed by atoms with Gasteiger partial charge in [-0.25, -0.2) is 4.79 Å². The van der Waals surface area contributed by atoms with E-state index < -0.39 is 14.3 Å². The van der Waals surface area contributed by atoms with Crippen LogP contribution in [0, 0.1) is 6.92 Å². The molecular formula is C14H21ClO3Si. The molecule has 3 nitrogen and oxygen atoms in total. The predicted octanol–water partition coefficient (Wildman–Crippen LogP) is 4.73. The first-order valence-electron chi connectivity index (χ1n) is 6.19. The van der Waals surface area contributed by atoms with Crippen LogP contribution in [0.4, 0.5) is 0 Å². The fraction of sp³-hybridized carbons (Fsp3) is 0.500. The van der Waals surface area contributed by atoms with E-state index in [9.17, 15) is 9.90 Å². The van der Waals surface area contributed by atoms with Crippen molar-refractivity contribution in [1.82, 2.24) is 0 Å². The maximum Gasteiger partial charge on any atom is 0.339 e. The Kier molecular flexibility index (Phi) is 4.37. The largest absolute Gasteiger partial charge is 0.543 e. The minimum Gasteiger partial charge on any atom is -0.543 e. The van der Waals surface area contributed by atoms with E-state index >= 15 is 0 Å². The Morgan fingerprint density at radius 1 is 1.32 bits per heavy atom. The third-order valence-electron chi connectivity index (χ3n) is 3.73. The van der Waals surface area contributed by atoms with E-state index in [-0.39, 0.29) is 10.6 Å². The summed E-state index contributed by atoms with van der Waals surface area (Å²) in [5.74, 6) is -0.583. The van der Waals surface area contributed by atoms with E-state index in [0.29, 0.717) is 16.3 Å². The van der Waals surface area contributed by atoms with E-state index in [0.717, 1.165) is 0 Å². The smallest absolute Gasteiger partial charge is 0.339 e. The third kappa shape index (κ3) is 3.31. The zero-order valence-electron chi connectivity index (χ0n) is 12.3. The third-order valence-corrected chi connectivity index (χ3v) is 8.47. The Morgan fingerprint density at radius 3 is 2.26 bits per heavy atom. The van der Waals surface area contributed by atoms with Gasteiger partial charge in [-0.2, -0.15) is 0 Å². The summed E-state index contributed by atoms with van der Waals surface area (Å²) in [5, 5.41) is 9.80. The molecule has 0 atom stereocenters. The van der Waals surface area contributed by atoms with Crippen molar-refractivity contribution in [3.05, 3.63) is 28.3 Å². The van der Waals surface area contributed by atoms with Gasteiger partial charge in [0.2, 0.25) is 0 Å². The number of carboxylic acid groups (broad SMARTS) is 1. The second-order valence-electron chi connectivity index (χ2n) is 6.22. The molecule has 0 aliphatic rings. The molecule has 1 aromatic rings. The van der Waals surface area contributed by atoms with Crippen molar-refractivity contribution in [2.45, 2.75) is 45.8 Å². The second kappa shape index (κ2) is 5.17. The van der Waals surface area contributed by atoms with Gasteiger partial charge in [0.15, 0.2) is 0 Å². The van der Waals surface area contributed by atoms with Gasteiger partial charge in [-0.1, -0.05) is 32.4 Å². The standard InChI is InChI=1S/C14H21ClO3Si/c1-9-11(15)8-7-10(13(16)17)12(9)18-19(5,6)14(2,3)4/h7-8H,1-6H3,(H,16,17). The normalized spacial score (nSPS) is 12.4. The molecule has 1 aromatic carbocycles. The van der Waals surface area contributed by atoms with Gasteiger partial charge in [0.05, 0.1) is 0 Å². The first-order chi connectivity index (χ1) is 8.47. The zero-order chi connectivity index (χ0) is 15.0. The number of carboxylic acids is 1. The van der Waals surface area contributed by atoms with Gasteiger partial charge < -0.3 is 9.53 Å². The molecule has 5 heteroatoms. The average Bonchev–Trinajstić information content (AvgIpc) is 2.22. The molecule has 0 aliphatic carbocycles. The fourth-order valence-corrected chi connectivity index (χ4v) is 2.60. The molecule has 0 aromatic heterocycles. The Hall–Kier alpha value is -1.00. The Labute approximate surface area is 120 Å². The molecule has 0 saturated carbocycles. The van der Waals surface area contributed by atoms with Gasteiger partial charge in [-0.3, -0.25) is 0 Å². The summed E-state index contributed by atoms with van der Waals surface area (Å²) in [4.78, 5) is 11.3. The van der Waals surface area contributed by atoms with Crippen LogP contribution in [0.5, 0.6) is 5.75 Å². The van der Waals surface area contributed by atoms with Crippen LogP contribution in [0.25, 0.3) is 0 Å². The van der Waals surface area contributed by atoms with Crippen LogP contribution in [0.15, 0.2) is 12.1 Å². The van der Waals surface area contributed by atoms with Crippen LogP contribution in [-0.2, 0) is 0 Å². The molecule has 0 amide bonds. The van der Waals surface area contributed by atoms with Crippen molar-refractivity contribution < 1.29 is 14.3 Å². The molecule has 0 bridgehead atoms. The highest BCUT2D eigenvalue weighted by Crippen LogP contribution is 2.40. The molecule has 106 valence electrons. The van der Waals surface area contributed by atoms with Gasteiger partial charge in [0.1, 0.15) is 11.3 Å². The van der Waals surface area contributed by atoms with Crippen molar-refractivity contribution >= 4 is 25.9 Å². The van der Waals surface area contributed by atoms with E-state index in [2.05, 4.69) is 33.9 Å². The monoisotopic (exact) mass is 300 g/mol. The van der Waals surface area contributed by atoms with Gasteiger partial charge >= 0.3 is 5.97 Å². The first kappa shape index (κ1) is 16.1. The maximum atomic E-state index is 11.3.